The summed E-state index contributed by atoms with van der Waals surface area (Å²) in [4.78, 5) is 43.1. The third-order valence-corrected chi connectivity index (χ3v) is 5.40. The molecule has 0 radical (unpaired) electrons. The number of benzene rings is 1. The largest absolute Gasteiger partial charge is 0.444 e. The van der Waals surface area contributed by atoms with Gasteiger partial charge < -0.3 is 26.4 Å². The van der Waals surface area contributed by atoms with Crippen molar-refractivity contribution in [2.75, 3.05) is 22.9 Å². The lowest BCUT2D eigenvalue weighted by molar-refractivity contribution is -0.141. The number of carbonyl (C=O) groups excluding carboxylic acids is 3. The monoisotopic (exact) mass is 522 g/mol. The summed E-state index contributed by atoms with van der Waals surface area (Å²) in [6.45, 7) is 5.24. The number of pyridine rings is 1. The van der Waals surface area contributed by atoms with Gasteiger partial charge in [0.1, 0.15) is 17.3 Å². The average molecular weight is 523 g/mol. The lowest BCUT2D eigenvalue weighted by Crippen LogP contribution is -2.57. The molecule has 2 atom stereocenters. The van der Waals surface area contributed by atoms with Gasteiger partial charge in [0.25, 0.3) is 0 Å². The number of alkyl halides is 3. The maximum absolute atomic E-state index is 13.2. The molecule has 1 aromatic carbocycles. The first-order chi connectivity index (χ1) is 17.2. The normalized spacial score (nSPS) is 18.1. The Hall–Kier alpha value is -4.03. The molecule has 4 amide bonds. The number of nitrogens with one attached hydrogen (secondary N) is 3. The number of hydrogen-bond donors (Lipinski definition) is 4. The number of aromatic nitrogens is 1. The SMILES string of the molecule is CC(C)(C)OC(=O)N1CC[C@@H](NC(=O)Nc2ccc(C(F)(F)F)nc2)C[C@@H]1C(=O)Nc1ccccc1N. The summed E-state index contributed by atoms with van der Waals surface area (Å²) in [6.07, 6.45) is -3.99. The fourth-order valence-corrected chi connectivity index (χ4v) is 3.70. The molecule has 200 valence electrons. The van der Waals surface area contributed by atoms with Crippen LogP contribution in [-0.4, -0.2) is 52.1 Å². The van der Waals surface area contributed by atoms with Gasteiger partial charge in [-0.2, -0.15) is 13.2 Å². The molecular formula is C24H29F3N6O4. The van der Waals surface area contributed by atoms with Crippen molar-refractivity contribution in [3.05, 3.63) is 48.3 Å². The van der Waals surface area contributed by atoms with E-state index in [0.29, 0.717) is 17.8 Å². The van der Waals surface area contributed by atoms with E-state index >= 15 is 0 Å². The second-order valence-corrected chi connectivity index (χ2v) is 9.52. The van der Waals surface area contributed by atoms with Crippen LogP contribution in [0.25, 0.3) is 0 Å². The fraction of sp³-hybridized carbons (Fsp3) is 0.417. The molecule has 0 aliphatic carbocycles. The second kappa shape index (κ2) is 10.9. The number of rotatable bonds is 4. The molecule has 37 heavy (non-hydrogen) atoms. The molecule has 0 spiro atoms. The minimum absolute atomic E-state index is 0.0607. The van der Waals surface area contributed by atoms with Gasteiger partial charge in [-0.05, 0) is 57.9 Å². The Morgan fingerprint density at radius 2 is 1.78 bits per heavy atom. The van der Waals surface area contributed by atoms with Crippen LogP contribution >= 0.6 is 0 Å². The molecule has 2 aromatic rings. The molecule has 1 saturated heterocycles. The maximum atomic E-state index is 13.2. The van der Waals surface area contributed by atoms with Crippen LogP contribution in [0, 0.1) is 0 Å². The summed E-state index contributed by atoms with van der Waals surface area (Å²) < 4.78 is 43.5. The number of nitrogen functional groups attached to an aromatic ring is 1. The standard InChI is InChI=1S/C24H29F3N6O4/c1-23(2,3)37-22(36)33-11-10-14(12-18(33)20(34)32-17-7-5-4-6-16(17)28)30-21(35)31-15-8-9-19(29-13-15)24(25,26)27/h4-9,13-14,18H,10-12,28H2,1-3H3,(H,32,34)(H2,30,31,35)/t14-,18-/m1/s1. The number of halogens is 3. The van der Waals surface area contributed by atoms with Crippen molar-refractivity contribution >= 4 is 35.1 Å². The summed E-state index contributed by atoms with van der Waals surface area (Å²) in [6, 6.07) is 6.29. The third kappa shape index (κ3) is 7.72. The van der Waals surface area contributed by atoms with Crippen LogP contribution in [0.2, 0.25) is 0 Å². The number of ether oxygens (including phenoxy) is 1. The molecule has 1 aliphatic rings. The number of carbonyl (C=O) groups is 3. The van der Waals surface area contributed by atoms with E-state index in [1.54, 1.807) is 45.0 Å². The summed E-state index contributed by atoms with van der Waals surface area (Å²) in [5.41, 5.74) is 4.83. The highest BCUT2D eigenvalue weighted by Crippen LogP contribution is 2.28. The summed E-state index contributed by atoms with van der Waals surface area (Å²) in [5.74, 6) is -0.511. The van der Waals surface area contributed by atoms with Crippen molar-refractivity contribution < 1.29 is 32.3 Å². The highest BCUT2D eigenvalue weighted by molar-refractivity contribution is 5.99. The molecular weight excluding hydrogens is 493 g/mol. The number of likely N-dealkylation sites (tertiary alicyclic amines) is 1. The number of nitrogens with two attached hydrogens (primary N) is 1. The average Bonchev–Trinajstić information content (AvgIpc) is 2.79. The molecule has 0 saturated carbocycles. The van der Waals surface area contributed by atoms with E-state index in [2.05, 4.69) is 20.9 Å². The molecule has 0 unspecified atom stereocenters. The van der Waals surface area contributed by atoms with Gasteiger partial charge in [-0.15, -0.1) is 0 Å². The minimum Gasteiger partial charge on any atom is -0.444 e. The van der Waals surface area contributed by atoms with E-state index in [1.165, 1.54) is 4.90 Å². The molecule has 10 nitrogen and oxygen atoms in total. The zero-order valence-electron chi connectivity index (χ0n) is 20.6. The Bertz CT molecular complexity index is 1130. The van der Waals surface area contributed by atoms with E-state index < -0.39 is 47.6 Å². The van der Waals surface area contributed by atoms with Crippen LogP contribution < -0.4 is 21.7 Å². The number of amides is 4. The number of anilines is 3. The van der Waals surface area contributed by atoms with Crippen molar-refractivity contribution in [2.45, 2.75) is 57.5 Å². The topological polar surface area (TPSA) is 139 Å². The van der Waals surface area contributed by atoms with Gasteiger partial charge >= 0.3 is 18.3 Å². The van der Waals surface area contributed by atoms with Crippen molar-refractivity contribution in [1.82, 2.24) is 15.2 Å². The van der Waals surface area contributed by atoms with Crippen molar-refractivity contribution in [1.29, 1.82) is 0 Å². The van der Waals surface area contributed by atoms with Gasteiger partial charge in [0, 0.05) is 12.6 Å². The Kier molecular flexibility index (Phi) is 8.14. The number of para-hydroxylation sites is 2. The maximum Gasteiger partial charge on any atom is 0.433 e. The van der Waals surface area contributed by atoms with Gasteiger partial charge in [0.2, 0.25) is 5.91 Å². The van der Waals surface area contributed by atoms with Crippen LogP contribution in [0.5, 0.6) is 0 Å². The Balaban J connectivity index is 1.70. The van der Waals surface area contributed by atoms with E-state index in [-0.39, 0.29) is 18.7 Å². The van der Waals surface area contributed by atoms with Crippen LogP contribution in [0.1, 0.15) is 39.3 Å². The van der Waals surface area contributed by atoms with E-state index in [9.17, 15) is 27.6 Å². The predicted molar refractivity (Wildman–Crippen MR) is 131 cm³/mol. The first-order valence-corrected chi connectivity index (χ1v) is 11.5. The summed E-state index contributed by atoms with van der Waals surface area (Å²) >= 11 is 0. The quantitative estimate of drug-likeness (QED) is 0.444. The molecule has 5 N–H and O–H groups in total. The minimum atomic E-state index is -4.59. The Morgan fingerprint density at radius 1 is 1.08 bits per heavy atom. The van der Waals surface area contributed by atoms with Gasteiger partial charge in [-0.1, -0.05) is 12.1 Å². The number of hydrogen-bond acceptors (Lipinski definition) is 6. The number of piperidine rings is 1. The lowest BCUT2D eigenvalue weighted by atomic mass is 9.96. The van der Waals surface area contributed by atoms with E-state index in [0.717, 1.165) is 18.3 Å². The van der Waals surface area contributed by atoms with Crippen LogP contribution in [0.15, 0.2) is 42.6 Å². The molecule has 1 aliphatic heterocycles. The molecule has 0 bridgehead atoms. The fourth-order valence-electron chi connectivity index (χ4n) is 3.70. The molecule has 3 rings (SSSR count). The smallest absolute Gasteiger partial charge is 0.433 e. The zero-order valence-corrected chi connectivity index (χ0v) is 20.6. The Morgan fingerprint density at radius 3 is 2.38 bits per heavy atom. The Labute approximate surface area is 211 Å². The van der Waals surface area contributed by atoms with Crippen molar-refractivity contribution in [3.63, 3.8) is 0 Å². The summed E-state index contributed by atoms with van der Waals surface area (Å²) in [7, 11) is 0. The predicted octanol–water partition coefficient (Wildman–Crippen LogP) is 4.21. The van der Waals surface area contributed by atoms with Crippen molar-refractivity contribution in [2.24, 2.45) is 0 Å². The van der Waals surface area contributed by atoms with Gasteiger partial charge in [-0.25, -0.2) is 14.6 Å². The summed E-state index contributed by atoms with van der Waals surface area (Å²) in [5, 5.41) is 7.84. The molecule has 13 heteroatoms. The van der Waals surface area contributed by atoms with E-state index in [4.69, 9.17) is 10.5 Å². The van der Waals surface area contributed by atoms with Gasteiger partial charge in [-0.3, -0.25) is 9.69 Å². The van der Waals surface area contributed by atoms with Gasteiger partial charge in [0.15, 0.2) is 0 Å². The molecule has 2 heterocycles. The molecule has 1 fully saturated rings. The first kappa shape index (κ1) is 27.6. The van der Waals surface area contributed by atoms with Crippen LogP contribution in [0.3, 0.4) is 0 Å². The van der Waals surface area contributed by atoms with Crippen LogP contribution in [-0.2, 0) is 15.7 Å². The number of nitrogens with zero attached hydrogens (tertiary/aromatic N) is 2. The highest BCUT2D eigenvalue weighted by atomic mass is 19.4. The number of urea groups is 1. The molecule has 1 aromatic heterocycles. The van der Waals surface area contributed by atoms with Gasteiger partial charge in [0.05, 0.1) is 23.3 Å². The highest BCUT2D eigenvalue weighted by Gasteiger charge is 2.39. The van der Waals surface area contributed by atoms with Crippen LogP contribution in [0.4, 0.5) is 39.8 Å². The second-order valence-electron chi connectivity index (χ2n) is 9.52. The van der Waals surface area contributed by atoms with Crippen molar-refractivity contribution in [3.8, 4) is 0 Å². The zero-order chi connectivity index (χ0) is 27.4. The first-order valence-electron chi connectivity index (χ1n) is 11.5. The lowest BCUT2D eigenvalue weighted by Gasteiger charge is -2.39. The third-order valence-electron chi connectivity index (χ3n) is 5.40. The van der Waals surface area contributed by atoms with E-state index in [1.807, 2.05) is 0 Å².